The maximum absolute atomic E-state index is 11.6. The molecule has 0 N–H and O–H groups in total. The molecular formula is C11H13NO4S. The number of hydrogen-bond acceptors (Lipinski definition) is 4. The number of rotatable bonds is 3. The Morgan fingerprint density at radius 2 is 2.12 bits per heavy atom. The molecule has 2 rings (SSSR count). The third-order valence-corrected chi connectivity index (χ3v) is 3.79. The molecule has 92 valence electrons. The maximum atomic E-state index is 11.6. The molecule has 0 atom stereocenters. The van der Waals surface area contributed by atoms with Crippen LogP contribution in [0.5, 0.6) is 5.75 Å². The first kappa shape index (κ1) is 11.9. The van der Waals surface area contributed by atoms with Crippen molar-refractivity contribution in [3.63, 3.8) is 0 Å². The van der Waals surface area contributed by atoms with Crippen LogP contribution in [0.15, 0.2) is 18.2 Å². The van der Waals surface area contributed by atoms with Gasteiger partial charge >= 0.3 is 10.1 Å². The predicted molar refractivity (Wildman–Crippen MR) is 62.3 cm³/mol. The van der Waals surface area contributed by atoms with E-state index in [0.29, 0.717) is 12.1 Å². The molecule has 0 bridgehead atoms. The van der Waals surface area contributed by atoms with Gasteiger partial charge in [-0.25, -0.2) is 0 Å². The zero-order chi connectivity index (χ0) is 12.6. The number of carbonyl (C=O) groups is 1. The number of hydrogen-bond donors (Lipinski definition) is 0. The van der Waals surface area contributed by atoms with Gasteiger partial charge in [0.25, 0.3) is 5.91 Å². The molecule has 0 saturated heterocycles. The monoisotopic (exact) mass is 255 g/mol. The van der Waals surface area contributed by atoms with Crippen LogP contribution in [0.2, 0.25) is 0 Å². The van der Waals surface area contributed by atoms with Gasteiger partial charge < -0.3 is 9.08 Å². The summed E-state index contributed by atoms with van der Waals surface area (Å²) in [6, 6.07) is 4.70. The van der Waals surface area contributed by atoms with E-state index in [0.717, 1.165) is 5.56 Å². The first-order valence-corrected chi connectivity index (χ1v) is 6.81. The summed E-state index contributed by atoms with van der Waals surface area (Å²) < 4.78 is 27.5. The standard InChI is InChI=1S/C11H13NO4S/c1-3-17(14,15)16-9-4-5-10-8(6-9)7-12(2)11(10)13/h4-6H,3,7H2,1-2H3. The van der Waals surface area contributed by atoms with E-state index < -0.39 is 10.1 Å². The Morgan fingerprint density at radius 1 is 1.41 bits per heavy atom. The zero-order valence-corrected chi connectivity index (χ0v) is 10.5. The molecule has 0 spiro atoms. The molecule has 1 aromatic carbocycles. The predicted octanol–water partition coefficient (Wildman–Crippen LogP) is 1.00. The highest BCUT2D eigenvalue weighted by Crippen LogP contribution is 2.26. The summed E-state index contributed by atoms with van der Waals surface area (Å²) in [5.41, 5.74) is 1.40. The van der Waals surface area contributed by atoms with E-state index in [2.05, 4.69) is 0 Å². The molecule has 0 aromatic heterocycles. The average molecular weight is 255 g/mol. The molecule has 1 aliphatic rings. The molecule has 6 heteroatoms. The van der Waals surface area contributed by atoms with Crippen molar-refractivity contribution < 1.29 is 17.4 Å². The molecule has 1 aromatic rings. The second-order valence-electron chi connectivity index (χ2n) is 3.91. The fourth-order valence-corrected chi connectivity index (χ4v) is 2.21. The molecule has 1 amide bonds. The van der Waals surface area contributed by atoms with Crippen LogP contribution in [0.1, 0.15) is 22.8 Å². The van der Waals surface area contributed by atoms with Crippen LogP contribution in [-0.2, 0) is 16.7 Å². The van der Waals surface area contributed by atoms with Crippen molar-refractivity contribution in [1.29, 1.82) is 0 Å². The number of amides is 1. The van der Waals surface area contributed by atoms with Crippen molar-refractivity contribution in [2.24, 2.45) is 0 Å². The van der Waals surface area contributed by atoms with Gasteiger partial charge in [-0.2, -0.15) is 8.42 Å². The first-order chi connectivity index (χ1) is 7.93. The quantitative estimate of drug-likeness (QED) is 0.756. The van der Waals surface area contributed by atoms with E-state index in [1.54, 1.807) is 24.1 Å². The van der Waals surface area contributed by atoms with E-state index >= 15 is 0 Å². The lowest BCUT2D eigenvalue weighted by atomic mass is 10.1. The molecule has 0 saturated carbocycles. The molecule has 5 nitrogen and oxygen atoms in total. The van der Waals surface area contributed by atoms with Gasteiger partial charge in [0.2, 0.25) is 0 Å². The fraction of sp³-hybridized carbons (Fsp3) is 0.364. The third kappa shape index (κ3) is 2.26. The Kier molecular flexibility index (Phi) is 2.82. The molecule has 1 heterocycles. The summed E-state index contributed by atoms with van der Waals surface area (Å²) >= 11 is 0. The Balaban J connectivity index is 2.31. The highest BCUT2D eigenvalue weighted by atomic mass is 32.2. The lowest BCUT2D eigenvalue weighted by Crippen LogP contribution is -2.17. The smallest absolute Gasteiger partial charge is 0.308 e. The molecule has 17 heavy (non-hydrogen) atoms. The minimum Gasteiger partial charge on any atom is -0.382 e. The summed E-state index contributed by atoms with van der Waals surface area (Å²) in [5, 5.41) is 0. The lowest BCUT2D eigenvalue weighted by molar-refractivity contribution is 0.0816. The second-order valence-corrected chi connectivity index (χ2v) is 5.77. The summed E-state index contributed by atoms with van der Waals surface area (Å²) in [6.45, 7) is 2.00. The normalized spacial score (nSPS) is 14.9. The van der Waals surface area contributed by atoms with Crippen LogP contribution >= 0.6 is 0 Å². The number of fused-ring (bicyclic) bond motifs is 1. The van der Waals surface area contributed by atoms with Gasteiger partial charge in [-0.1, -0.05) is 0 Å². The minimum absolute atomic E-state index is 0.0510. The minimum atomic E-state index is -3.52. The van der Waals surface area contributed by atoms with Crippen molar-refractivity contribution in [1.82, 2.24) is 4.90 Å². The second kappa shape index (κ2) is 4.03. The Labute approximate surface area is 100 Å². The molecular weight excluding hydrogens is 242 g/mol. The van der Waals surface area contributed by atoms with Crippen molar-refractivity contribution in [2.45, 2.75) is 13.5 Å². The number of nitrogens with zero attached hydrogens (tertiary/aromatic N) is 1. The van der Waals surface area contributed by atoms with Gasteiger partial charge in [0.1, 0.15) is 5.75 Å². The van der Waals surface area contributed by atoms with Gasteiger partial charge in [0.15, 0.2) is 0 Å². The zero-order valence-electron chi connectivity index (χ0n) is 9.63. The van der Waals surface area contributed by atoms with Crippen molar-refractivity contribution >= 4 is 16.0 Å². The maximum Gasteiger partial charge on any atom is 0.308 e. The topological polar surface area (TPSA) is 63.7 Å². The Bertz CT molecular complexity index is 565. The van der Waals surface area contributed by atoms with Crippen molar-refractivity contribution in [3.05, 3.63) is 29.3 Å². The average Bonchev–Trinajstić information content (AvgIpc) is 2.54. The summed E-state index contributed by atoms with van der Waals surface area (Å²) in [4.78, 5) is 13.2. The summed E-state index contributed by atoms with van der Waals surface area (Å²) in [7, 11) is -1.82. The Morgan fingerprint density at radius 3 is 2.76 bits per heavy atom. The SMILES string of the molecule is CCS(=O)(=O)Oc1ccc2c(c1)CN(C)C2=O. The van der Waals surface area contributed by atoms with Crippen LogP contribution in [0, 0.1) is 0 Å². The van der Waals surface area contributed by atoms with E-state index in [1.165, 1.54) is 13.0 Å². The molecule has 0 unspecified atom stereocenters. The highest BCUT2D eigenvalue weighted by Gasteiger charge is 2.25. The molecule has 0 aliphatic carbocycles. The van der Waals surface area contributed by atoms with E-state index in [1.807, 2.05) is 0 Å². The van der Waals surface area contributed by atoms with Crippen LogP contribution in [0.25, 0.3) is 0 Å². The van der Waals surface area contributed by atoms with Crippen LogP contribution in [0.4, 0.5) is 0 Å². The third-order valence-electron chi connectivity index (χ3n) is 2.64. The van der Waals surface area contributed by atoms with E-state index in [4.69, 9.17) is 4.18 Å². The first-order valence-electron chi connectivity index (χ1n) is 5.23. The fourth-order valence-electron chi connectivity index (χ4n) is 1.70. The van der Waals surface area contributed by atoms with Gasteiger partial charge in [0.05, 0.1) is 5.75 Å². The highest BCUT2D eigenvalue weighted by molar-refractivity contribution is 7.87. The Hall–Kier alpha value is -1.56. The van der Waals surface area contributed by atoms with Gasteiger partial charge in [-0.3, -0.25) is 4.79 Å². The van der Waals surface area contributed by atoms with Crippen molar-refractivity contribution in [3.8, 4) is 5.75 Å². The molecule has 0 fully saturated rings. The lowest BCUT2D eigenvalue weighted by Gasteiger charge is -2.05. The van der Waals surface area contributed by atoms with Gasteiger partial charge in [-0.05, 0) is 30.7 Å². The van der Waals surface area contributed by atoms with Crippen LogP contribution < -0.4 is 4.18 Å². The van der Waals surface area contributed by atoms with E-state index in [9.17, 15) is 13.2 Å². The van der Waals surface area contributed by atoms with Gasteiger partial charge in [0, 0.05) is 19.2 Å². The number of benzene rings is 1. The largest absolute Gasteiger partial charge is 0.382 e. The van der Waals surface area contributed by atoms with Crippen LogP contribution in [0.3, 0.4) is 0 Å². The van der Waals surface area contributed by atoms with Crippen LogP contribution in [-0.4, -0.2) is 32.0 Å². The number of carbonyl (C=O) groups excluding carboxylic acids is 1. The van der Waals surface area contributed by atoms with Crippen molar-refractivity contribution in [2.75, 3.05) is 12.8 Å². The molecule has 1 aliphatic heterocycles. The summed E-state index contributed by atoms with van der Waals surface area (Å²) in [6.07, 6.45) is 0. The van der Waals surface area contributed by atoms with E-state index in [-0.39, 0.29) is 17.4 Å². The van der Waals surface area contributed by atoms with Gasteiger partial charge in [-0.15, -0.1) is 0 Å². The molecule has 0 radical (unpaired) electrons. The summed E-state index contributed by atoms with van der Waals surface area (Å²) in [5.74, 6) is 0.127.